The highest BCUT2D eigenvalue weighted by molar-refractivity contribution is 6.42. The van der Waals surface area contributed by atoms with Crippen LogP contribution in [0.25, 0.3) is 16.6 Å². The van der Waals surface area contributed by atoms with E-state index in [1.54, 1.807) is 6.20 Å². The highest BCUT2D eigenvalue weighted by Gasteiger charge is 2.21. The molecule has 0 bridgehead atoms. The molecule has 0 aliphatic heterocycles. The smallest absolute Gasteiger partial charge is 0.377 e. The van der Waals surface area contributed by atoms with Crippen molar-refractivity contribution in [1.82, 2.24) is 4.57 Å². The number of ketones is 1. The molecular formula is C24H18ClNO4. The van der Waals surface area contributed by atoms with Crippen LogP contribution in [0.2, 0.25) is 5.02 Å². The lowest BCUT2D eigenvalue weighted by atomic mass is 10.1. The van der Waals surface area contributed by atoms with Gasteiger partial charge in [0.15, 0.2) is 0 Å². The summed E-state index contributed by atoms with van der Waals surface area (Å²) in [7, 11) is 0. The molecule has 0 radical (unpaired) electrons. The van der Waals surface area contributed by atoms with E-state index in [4.69, 9.17) is 21.4 Å². The molecule has 0 saturated heterocycles. The van der Waals surface area contributed by atoms with Crippen LogP contribution < -0.4 is 4.74 Å². The molecular weight excluding hydrogens is 402 g/mol. The first-order valence-corrected chi connectivity index (χ1v) is 9.67. The van der Waals surface area contributed by atoms with Crippen molar-refractivity contribution >= 4 is 34.3 Å². The lowest BCUT2D eigenvalue weighted by molar-refractivity contribution is -0.131. The maximum Gasteiger partial charge on any atom is 0.377 e. The number of aliphatic carboxylic acids is 1. The summed E-state index contributed by atoms with van der Waals surface area (Å²) < 4.78 is 7.63. The van der Waals surface area contributed by atoms with Gasteiger partial charge < -0.3 is 14.4 Å². The van der Waals surface area contributed by atoms with Gasteiger partial charge in [-0.1, -0.05) is 35.4 Å². The van der Waals surface area contributed by atoms with E-state index in [0.29, 0.717) is 22.8 Å². The zero-order valence-electron chi connectivity index (χ0n) is 16.1. The number of hydrogen-bond acceptors (Lipinski definition) is 3. The number of benzene rings is 3. The molecule has 1 N–H and O–H groups in total. The molecule has 0 saturated carbocycles. The summed E-state index contributed by atoms with van der Waals surface area (Å²) in [6, 6.07) is 20.5. The lowest BCUT2D eigenvalue weighted by Crippen LogP contribution is -2.12. The average molecular weight is 420 g/mol. The SMILES string of the molecule is Cc1ccc2c(c1)c(C(=O)C(=O)O)cn2-c1ccc(OCc2cccc(Cl)c2)cc1. The number of carboxylic acid groups (broad SMARTS) is 1. The van der Waals surface area contributed by atoms with Gasteiger partial charge in [-0.2, -0.15) is 0 Å². The van der Waals surface area contributed by atoms with Gasteiger partial charge in [-0.05, 0) is 61.0 Å². The number of aryl methyl sites for hydroxylation is 1. The minimum atomic E-state index is -1.47. The molecule has 0 aliphatic carbocycles. The number of ether oxygens (including phenoxy) is 1. The average Bonchev–Trinajstić information content (AvgIpc) is 3.10. The number of fused-ring (bicyclic) bond motifs is 1. The molecule has 30 heavy (non-hydrogen) atoms. The van der Waals surface area contributed by atoms with Gasteiger partial charge >= 0.3 is 5.97 Å². The number of Topliss-reactive ketones (excluding diaryl/α,β-unsaturated/α-hetero) is 1. The molecule has 0 fully saturated rings. The van der Waals surface area contributed by atoms with Crippen molar-refractivity contribution in [3.63, 3.8) is 0 Å². The van der Waals surface area contributed by atoms with Crippen LogP contribution in [0.15, 0.2) is 72.9 Å². The van der Waals surface area contributed by atoms with Crippen LogP contribution in [0, 0.1) is 6.92 Å². The van der Waals surface area contributed by atoms with Crippen molar-refractivity contribution < 1.29 is 19.4 Å². The lowest BCUT2D eigenvalue weighted by Gasteiger charge is -2.09. The Labute approximate surface area is 178 Å². The van der Waals surface area contributed by atoms with Crippen LogP contribution in [0.4, 0.5) is 0 Å². The highest BCUT2D eigenvalue weighted by atomic mass is 35.5. The second kappa shape index (κ2) is 8.05. The Balaban J connectivity index is 1.64. The zero-order valence-corrected chi connectivity index (χ0v) is 16.9. The summed E-state index contributed by atoms with van der Waals surface area (Å²) in [5.74, 6) is -1.71. The molecule has 3 aromatic carbocycles. The van der Waals surface area contributed by atoms with Crippen molar-refractivity contribution in [1.29, 1.82) is 0 Å². The van der Waals surface area contributed by atoms with Crippen LogP contribution in [-0.4, -0.2) is 21.4 Å². The summed E-state index contributed by atoms with van der Waals surface area (Å²) in [5, 5.41) is 10.4. The molecule has 1 aromatic heterocycles. The molecule has 150 valence electrons. The highest BCUT2D eigenvalue weighted by Crippen LogP contribution is 2.28. The maximum atomic E-state index is 12.2. The van der Waals surface area contributed by atoms with Gasteiger partial charge in [-0.3, -0.25) is 4.79 Å². The summed E-state index contributed by atoms with van der Waals surface area (Å²) in [6.45, 7) is 2.29. The minimum Gasteiger partial charge on any atom is -0.489 e. The number of halogens is 1. The van der Waals surface area contributed by atoms with E-state index in [9.17, 15) is 9.59 Å². The van der Waals surface area contributed by atoms with Crippen LogP contribution in [0.5, 0.6) is 5.75 Å². The predicted octanol–water partition coefficient (Wildman–Crippen LogP) is 5.44. The number of aromatic nitrogens is 1. The Morgan fingerprint density at radius 2 is 1.80 bits per heavy atom. The fourth-order valence-electron chi connectivity index (χ4n) is 3.35. The third-order valence-electron chi connectivity index (χ3n) is 4.81. The Kier molecular flexibility index (Phi) is 5.29. The van der Waals surface area contributed by atoms with Gasteiger partial charge in [0.1, 0.15) is 12.4 Å². The Morgan fingerprint density at radius 3 is 2.50 bits per heavy atom. The maximum absolute atomic E-state index is 12.2. The summed E-state index contributed by atoms with van der Waals surface area (Å²) in [5.41, 5.74) is 3.64. The number of hydrogen-bond donors (Lipinski definition) is 1. The first kappa shape index (κ1) is 19.7. The summed E-state index contributed by atoms with van der Waals surface area (Å²) >= 11 is 6.00. The standard InChI is InChI=1S/C24H18ClNO4/c1-15-5-10-22-20(11-15)21(23(27)24(28)29)13-26(22)18-6-8-19(9-7-18)30-14-16-3-2-4-17(25)12-16/h2-13H,14H2,1H3,(H,28,29). The van der Waals surface area contributed by atoms with Gasteiger partial charge in [0.25, 0.3) is 5.78 Å². The Hall–Kier alpha value is -3.57. The molecule has 0 spiro atoms. The Bertz CT molecular complexity index is 1260. The molecule has 0 unspecified atom stereocenters. The quantitative estimate of drug-likeness (QED) is 0.334. The molecule has 6 heteroatoms. The second-order valence-corrected chi connectivity index (χ2v) is 7.42. The summed E-state index contributed by atoms with van der Waals surface area (Å²) in [6.07, 6.45) is 1.57. The fraction of sp³-hybridized carbons (Fsp3) is 0.0833. The van der Waals surface area contributed by atoms with Crippen molar-refractivity contribution in [2.45, 2.75) is 13.5 Å². The first-order chi connectivity index (χ1) is 14.4. The largest absolute Gasteiger partial charge is 0.489 e. The number of carbonyl (C=O) groups is 2. The van der Waals surface area contributed by atoms with Gasteiger partial charge in [-0.25, -0.2) is 4.79 Å². The number of carbonyl (C=O) groups excluding carboxylic acids is 1. The van der Waals surface area contributed by atoms with Crippen molar-refractivity contribution in [2.75, 3.05) is 0 Å². The van der Waals surface area contributed by atoms with Crippen LogP contribution >= 0.6 is 11.6 Å². The molecule has 5 nitrogen and oxygen atoms in total. The van der Waals surface area contributed by atoms with E-state index in [0.717, 1.165) is 22.3 Å². The van der Waals surface area contributed by atoms with E-state index in [1.807, 2.05) is 78.2 Å². The third-order valence-corrected chi connectivity index (χ3v) is 5.04. The van der Waals surface area contributed by atoms with Gasteiger partial charge in [0.05, 0.1) is 11.1 Å². The van der Waals surface area contributed by atoms with Crippen LogP contribution in [0.1, 0.15) is 21.5 Å². The van der Waals surface area contributed by atoms with E-state index in [-0.39, 0.29) is 5.56 Å². The van der Waals surface area contributed by atoms with Gasteiger partial charge in [-0.15, -0.1) is 0 Å². The van der Waals surface area contributed by atoms with Gasteiger partial charge in [0.2, 0.25) is 0 Å². The second-order valence-electron chi connectivity index (χ2n) is 6.98. The zero-order chi connectivity index (χ0) is 21.3. The predicted molar refractivity (Wildman–Crippen MR) is 116 cm³/mol. The first-order valence-electron chi connectivity index (χ1n) is 9.29. The van der Waals surface area contributed by atoms with Crippen LogP contribution in [0.3, 0.4) is 0 Å². The normalized spacial score (nSPS) is 10.9. The molecule has 1 heterocycles. The molecule has 0 atom stereocenters. The molecule has 0 amide bonds. The minimum absolute atomic E-state index is 0.169. The Morgan fingerprint density at radius 1 is 1.03 bits per heavy atom. The monoisotopic (exact) mass is 419 g/mol. The third kappa shape index (κ3) is 3.93. The van der Waals surface area contributed by atoms with Crippen molar-refractivity contribution in [3.05, 3.63) is 94.6 Å². The molecule has 0 aliphatic rings. The van der Waals surface area contributed by atoms with E-state index >= 15 is 0 Å². The molecule has 4 aromatic rings. The number of carboxylic acids is 1. The van der Waals surface area contributed by atoms with E-state index < -0.39 is 11.8 Å². The van der Waals surface area contributed by atoms with Crippen molar-refractivity contribution in [3.8, 4) is 11.4 Å². The van der Waals surface area contributed by atoms with Crippen molar-refractivity contribution in [2.24, 2.45) is 0 Å². The topological polar surface area (TPSA) is 68.5 Å². The van der Waals surface area contributed by atoms with Gasteiger partial charge in [0, 0.05) is 22.3 Å². The van der Waals surface area contributed by atoms with E-state index in [1.165, 1.54) is 0 Å². The number of nitrogens with zero attached hydrogens (tertiary/aromatic N) is 1. The van der Waals surface area contributed by atoms with Crippen LogP contribution in [-0.2, 0) is 11.4 Å². The van der Waals surface area contributed by atoms with E-state index in [2.05, 4.69) is 0 Å². The summed E-state index contributed by atoms with van der Waals surface area (Å²) in [4.78, 5) is 23.4. The fourth-order valence-corrected chi connectivity index (χ4v) is 3.56. The number of rotatable bonds is 6. The molecule has 4 rings (SSSR count).